The number of nitro groups is 2. The monoisotopic (exact) mass is 630 g/mol. The van der Waals surface area contributed by atoms with E-state index in [0.717, 1.165) is 35.7 Å². The number of non-ortho nitro benzene ring substituents is 1. The Morgan fingerprint density at radius 1 is 0.978 bits per heavy atom. The predicted molar refractivity (Wildman–Crippen MR) is 169 cm³/mol. The van der Waals surface area contributed by atoms with Crippen LogP contribution in [-0.2, 0) is 24.2 Å². The topological polar surface area (TPSA) is 147 Å². The van der Waals surface area contributed by atoms with Gasteiger partial charge in [-0.25, -0.2) is 9.79 Å². The third-order valence-electron chi connectivity index (χ3n) is 7.01. The first-order valence-electron chi connectivity index (χ1n) is 14.3. The van der Waals surface area contributed by atoms with Gasteiger partial charge in [-0.15, -0.1) is 11.3 Å². The number of thiophene rings is 1. The molecule has 5 rings (SSSR count). The highest BCUT2D eigenvalue weighted by Crippen LogP contribution is 2.41. The fourth-order valence-corrected chi connectivity index (χ4v) is 6.20. The second kappa shape index (κ2) is 14.1. The average molecular weight is 631 g/mol. The Morgan fingerprint density at radius 3 is 2.47 bits per heavy atom. The molecule has 0 amide bonds. The molecule has 0 fully saturated rings. The number of carbonyl (C=O) groups excluding carboxylic acids is 1. The highest BCUT2D eigenvalue weighted by Gasteiger charge is 2.29. The van der Waals surface area contributed by atoms with Crippen molar-refractivity contribution in [2.75, 3.05) is 19.8 Å². The SMILES string of the molecule is CCOC(=O)c1c(N=Cc2ccc(Oc3ccc([N+](=O)[O-])cc3[N+](=O)[O-])c(OCC)c2)sc2c1CCN(Cc1ccccc1)C2. The van der Waals surface area contributed by atoms with E-state index < -0.39 is 27.2 Å². The minimum Gasteiger partial charge on any atom is -0.490 e. The summed E-state index contributed by atoms with van der Waals surface area (Å²) in [5, 5.41) is 23.2. The lowest BCUT2D eigenvalue weighted by atomic mass is 10.0. The predicted octanol–water partition coefficient (Wildman–Crippen LogP) is 7.24. The lowest BCUT2D eigenvalue weighted by Crippen LogP contribution is -2.29. The maximum absolute atomic E-state index is 13.0. The lowest BCUT2D eigenvalue weighted by molar-refractivity contribution is -0.394. The smallest absolute Gasteiger partial charge is 0.341 e. The van der Waals surface area contributed by atoms with Gasteiger partial charge >= 0.3 is 11.7 Å². The molecule has 1 aliphatic rings. The van der Waals surface area contributed by atoms with Crippen molar-refractivity contribution >= 4 is 39.9 Å². The Bertz CT molecular complexity index is 1760. The molecule has 3 aromatic carbocycles. The summed E-state index contributed by atoms with van der Waals surface area (Å²) in [4.78, 5) is 42.4. The number of hydrogen-bond acceptors (Lipinski definition) is 11. The molecule has 13 heteroatoms. The molecule has 0 saturated heterocycles. The van der Waals surface area contributed by atoms with Crippen LogP contribution in [0.1, 0.15) is 45.8 Å². The van der Waals surface area contributed by atoms with E-state index in [1.54, 1.807) is 38.3 Å². The van der Waals surface area contributed by atoms with Crippen LogP contribution in [0.5, 0.6) is 17.2 Å². The zero-order valence-electron chi connectivity index (χ0n) is 24.6. The highest BCUT2D eigenvalue weighted by molar-refractivity contribution is 7.16. The van der Waals surface area contributed by atoms with E-state index >= 15 is 0 Å². The van der Waals surface area contributed by atoms with Gasteiger partial charge in [0, 0.05) is 36.8 Å². The molecule has 0 radical (unpaired) electrons. The van der Waals surface area contributed by atoms with E-state index in [1.165, 1.54) is 23.0 Å². The molecule has 1 aliphatic heterocycles. The summed E-state index contributed by atoms with van der Waals surface area (Å²) in [5.41, 5.74) is 2.35. The molecule has 0 atom stereocenters. The van der Waals surface area contributed by atoms with Gasteiger partial charge in [0.05, 0.1) is 34.7 Å². The number of ether oxygens (including phenoxy) is 3. The van der Waals surface area contributed by atoms with E-state index in [4.69, 9.17) is 19.2 Å². The number of benzene rings is 3. The zero-order valence-corrected chi connectivity index (χ0v) is 25.5. The average Bonchev–Trinajstić information content (AvgIpc) is 3.39. The number of fused-ring (bicyclic) bond motifs is 1. The van der Waals surface area contributed by atoms with Gasteiger partial charge in [0.15, 0.2) is 11.5 Å². The van der Waals surface area contributed by atoms with Crippen molar-refractivity contribution in [2.24, 2.45) is 4.99 Å². The molecule has 0 spiro atoms. The summed E-state index contributed by atoms with van der Waals surface area (Å²) < 4.78 is 16.9. The molecule has 1 aromatic heterocycles. The lowest BCUT2D eigenvalue weighted by Gasteiger charge is -2.27. The standard InChI is InChI=1S/C32H30N4O8S/c1-3-42-28-16-22(10-12-27(28)44-26-13-11-23(35(38)39)17-25(26)36(40)41)18-33-31-30(32(37)43-4-2)24-14-15-34(20-29(24)45-31)19-21-8-6-5-7-9-21/h5-13,16-18H,3-4,14-15,19-20H2,1-2H3. The Balaban J connectivity index is 1.42. The molecule has 0 saturated carbocycles. The van der Waals surface area contributed by atoms with E-state index in [0.29, 0.717) is 34.8 Å². The minimum atomic E-state index is -0.744. The second-order valence-electron chi connectivity index (χ2n) is 10.0. The van der Waals surface area contributed by atoms with Crippen molar-refractivity contribution in [1.29, 1.82) is 0 Å². The Hall–Kier alpha value is -5.14. The van der Waals surface area contributed by atoms with Crippen molar-refractivity contribution < 1.29 is 28.9 Å². The van der Waals surface area contributed by atoms with Crippen LogP contribution in [0.3, 0.4) is 0 Å². The summed E-state index contributed by atoms with van der Waals surface area (Å²) in [6, 6.07) is 18.3. The summed E-state index contributed by atoms with van der Waals surface area (Å²) in [5.74, 6) is -0.0929. The number of nitro benzene ring substituents is 2. The number of nitrogens with zero attached hydrogens (tertiary/aromatic N) is 4. The van der Waals surface area contributed by atoms with Crippen molar-refractivity contribution in [2.45, 2.75) is 33.4 Å². The van der Waals surface area contributed by atoms with Crippen molar-refractivity contribution in [3.05, 3.63) is 114 Å². The third kappa shape index (κ3) is 7.33. The van der Waals surface area contributed by atoms with Gasteiger partial charge in [0.1, 0.15) is 5.00 Å². The Kier molecular flexibility index (Phi) is 9.80. The van der Waals surface area contributed by atoms with Crippen molar-refractivity contribution in [3.63, 3.8) is 0 Å². The maximum Gasteiger partial charge on any atom is 0.341 e. The largest absolute Gasteiger partial charge is 0.490 e. The number of hydrogen-bond donors (Lipinski definition) is 0. The van der Waals surface area contributed by atoms with Crippen LogP contribution in [0.2, 0.25) is 0 Å². The van der Waals surface area contributed by atoms with Gasteiger partial charge in [-0.05, 0) is 61.2 Å². The molecule has 232 valence electrons. The molecule has 4 aromatic rings. The molecule has 0 bridgehead atoms. The van der Waals surface area contributed by atoms with Gasteiger partial charge in [-0.3, -0.25) is 25.1 Å². The van der Waals surface area contributed by atoms with Crippen LogP contribution in [0.15, 0.2) is 71.7 Å². The Morgan fingerprint density at radius 2 is 1.76 bits per heavy atom. The van der Waals surface area contributed by atoms with Crippen LogP contribution < -0.4 is 9.47 Å². The van der Waals surface area contributed by atoms with E-state index in [-0.39, 0.29) is 24.7 Å². The van der Waals surface area contributed by atoms with Crippen LogP contribution in [-0.4, -0.2) is 46.7 Å². The first-order chi connectivity index (χ1) is 21.8. The summed E-state index contributed by atoms with van der Waals surface area (Å²) in [7, 11) is 0. The maximum atomic E-state index is 13.0. The molecule has 45 heavy (non-hydrogen) atoms. The molecule has 0 aliphatic carbocycles. The zero-order chi connectivity index (χ0) is 31.9. The number of esters is 1. The molecular weight excluding hydrogens is 600 g/mol. The minimum absolute atomic E-state index is 0.169. The van der Waals surface area contributed by atoms with Gasteiger partial charge in [-0.1, -0.05) is 30.3 Å². The third-order valence-corrected chi connectivity index (χ3v) is 8.14. The van der Waals surface area contributed by atoms with Gasteiger partial charge < -0.3 is 14.2 Å². The van der Waals surface area contributed by atoms with E-state index in [1.807, 2.05) is 18.2 Å². The molecule has 12 nitrogen and oxygen atoms in total. The first-order valence-corrected chi connectivity index (χ1v) is 15.1. The normalized spacial score (nSPS) is 12.9. The number of carbonyl (C=O) groups is 1. The van der Waals surface area contributed by atoms with Crippen LogP contribution in [0, 0.1) is 20.2 Å². The molecule has 2 heterocycles. The van der Waals surface area contributed by atoms with Crippen molar-refractivity contribution in [1.82, 2.24) is 4.90 Å². The van der Waals surface area contributed by atoms with Crippen LogP contribution in [0.25, 0.3) is 0 Å². The molecule has 0 N–H and O–H groups in total. The number of aliphatic imine (C=N–C) groups is 1. The quantitative estimate of drug-likeness (QED) is 0.0684. The van der Waals surface area contributed by atoms with Crippen molar-refractivity contribution in [3.8, 4) is 17.2 Å². The number of rotatable bonds is 12. The summed E-state index contributed by atoms with van der Waals surface area (Å²) in [6.07, 6.45) is 2.32. The fraction of sp³-hybridized carbons (Fsp3) is 0.250. The molecular formula is C32H30N4O8S. The first kappa shape index (κ1) is 31.3. The van der Waals surface area contributed by atoms with E-state index in [2.05, 4.69) is 17.0 Å². The van der Waals surface area contributed by atoms with Gasteiger partial charge in [0.25, 0.3) is 5.69 Å². The van der Waals surface area contributed by atoms with E-state index in [9.17, 15) is 25.0 Å². The summed E-state index contributed by atoms with van der Waals surface area (Å²) >= 11 is 1.47. The van der Waals surface area contributed by atoms with Crippen LogP contribution in [0.4, 0.5) is 16.4 Å². The highest BCUT2D eigenvalue weighted by atomic mass is 32.1. The summed E-state index contributed by atoms with van der Waals surface area (Å²) in [6.45, 7) is 6.39. The van der Waals surface area contributed by atoms with Gasteiger partial charge in [0.2, 0.25) is 5.75 Å². The Labute approximate surface area is 262 Å². The van der Waals surface area contributed by atoms with Crippen LogP contribution >= 0.6 is 11.3 Å². The van der Waals surface area contributed by atoms with Gasteiger partial charge in [-0.2, -0.15) is 0 Å². The second-order valence-corrected chi connectivity index (χ2v) is 11.1. The fourth-order valence-electron chi connectivity index (χ4n) is 4.98. The molecule has 0 unspecified atom stereocenters.